The molecule has 5 nitrogen and oxygen atoms in total. The Bertz CT molecular complexity index is 445. The first-order valence-corrected chi connectivity index (χ1v) is 8.07. The molecule has 120 valence electrons. The SMILES string of the molecule is CCOC1(C(Cc2cn(C)nn2)NC)CCC(C)(C)CC1. The van der Waals surface area contributed by atoms with Crippen molar-refractivity contribution in [3.05, 3.63) is 11.9 Å². The third kappa shape index (κ3) is 3.83. The largest absolute Gasteiger partial charge is 0.374 e. The molecule has 2 rings (SSSR count). The highest BCUT2D eigenvalue weighted by Crippen LogP contribution is 2.44. The minimum Gasteiger partial charge on any atom is -0.374 e. The summed E-state index contributed by atoms with van der Waals surface area (Å²) in [6.07, 6.45) is 7.51. The van der Waals surface area contributed by atoms with Crippen LogP contribution < -0.4 is 5.32 Å². The van der Waals surface area contributed by atoms with E-state index < -0.39 is 0 Å². The van der Waals surface area contributed by atoms with Crippen LogP contribution in [0.15, 0.2) is 6.20 Å². The lowest BCUT2D eigenvalue weighted by Crippen LogP contribution is -2.55. The molecule has 1 atom stereocenters. The van der Waals surface area contributed by atoms with E-state index in [1.807, 2.05) is 20.3 Å². The lowest BCUT2D eigenvalue weighted by molar-refractivity contribution is -0.105. The van der Waals surface area contributed by atoms with Gasteiger partial charge in [-0.1, -0.05) is 19.1 Å². The number of ether oxygens (including phenoxy) is 1. The highest BCUT2D eigenvalue weighted by Gasteiger charge is 2.44. The Morgan fingerprint density at radius 1 is 1.33 bits per heavy atom. The highest BCUT2D eigenvalue weighted by atomic mass is 16.5. The molecule has 1 unspecified atom stereocenters. The molecule has 1 aliphatic rings. The van der Waals surface area contributed by atoms with Gasteiger partial charge in [0.1, 0.15) is 0 Å². The molecule has 1 heterocycles. The molecule has 1 aliphatic carbocycles. The van der Waals surface area contributed by atoms with Crippen molar-refractivity contribution in [2.45, 2.75) is 64.5 Å². The van der Waals surface area contributed by atoms with Crippen LogP contribution in [0.2, 0.25) is 0 Å². The Kier molecular flexibility index (Phi) is 5.04. The number of rotatable bonds is 6. The van der Waals surface area contributed by atoms with Gasteiger partial charge in [-0.3, -0.25) is 4.68 Å². The fourth-order valence-electron chi connectivity index (χ4n) is 3.48. The van der Waals surface area contributed by atoms with Crippen LogP contribution in [-0.2, 0) is 18.2 Å². The van der Waals surface area contributed by atoms with Crippen LogP contribution in [0.5, 0.6) is 0 Å². The smallest absolute Gasteiger partial charge is 0.0843 e. The fraction of sp³-hybridized carbons (Fsp3) is 0.875. The van der Waals surface area contributed by atoms with Gasteiger partial charge in [0.15, 0.2) is 0 Å². The second kappa shape index (κ2) is 6.44. The molecule has 1 saturated carbocycles. The van der Waals surface area contributed by atoms with Gasteiger partial charge in [0, 0.05) is 32.3 Å². The van der Waals surface area contributed by atoms with E-state index in [-0.39, 0.29) is 11.6 Å². The molecule has 0 aliphatic heterocycles. The molecule has 21 heavy (non-hydrogen) atoms. The summed E-state index contributed by atoms with van der Waals surface area (Å²) in [5, 5.41) is 11.8. The zero-order valence-corrected chi connectivity index (χ0v) is 14.1. The average Bonchev–Trinajstić information content (AvgIpc) is 2.85. The molecule has 5 heteroatoms. The Balaban J connectivity index is 2.14. The molecule has 0 spiro atoms. The van der Waals surface area contributed by atoms with E-state index in [1.165, 1.54) is 12.8 Å². The van der Waals surface area contributed by atoms with Gasteiger partial charge in [-0.15, -0.1) is 5.10 Å². The third-order valence-corrected chi connectivity index (χ3v) is 4.93. The van der Waals surface area contributed by atoms with Gasteiger partial charge in [0.25, 0.3) is 0 Å². The van der Waals surface area contributed by atoms with Gasteiger partial charge < -0.3 is 10.1 Å². The van der Waals surface area contributed by atoms with Crippen molar-refractivity contribution in [2.75, 3.05) is 13.7 Å². The van der Waals surface area contributed by atoms with Crippen molar-refractivity contribution in [1.29, 1.82) is 0 Å². The van der Waals surface area contributed by atoms with Gasteiger partial charge in [0.05, 0.1) is 11.3 Å². The number of hydrogen-bond acceptors (Lipinski definition) is 4. The quantitative estimate of drug-likeness (QED) is 0.875. The summed E-state index contributed by atoms with van der Waals surface area (Å²) >= 11 is 0. The van der Waals surface area contributed by atoms with E-state index in [1.54, 1.807) is 4.68 Å². The normalized spacial score (nSPS) is 22.1. The molecule has 0 aromatic carbocycles. The number of nitrogens with zero attached hydrogens (tertiary/aromatic N) is 3. The predicted molar refractivity (Wildman–Crippen MR) is 84.2 cm³/mol. The standard InChI is InChI=1S/C16H30N4O/c1-6-21-16(9-7-15(2,3)8-10-16)14(17-4)11-13-12-20(5)19-18-13/h12,14,17H,6-11H2,1-5H3. The van der Waals surface area contributed by atoms with E-state index in [4.69, 9.17) is 4.74 Å². The summed E-state index contributed by atoms with van der Waals surface area (Å²) in [5.74, 6) is 0. The zero-order chi connectivity index (χ0) is 15.5. The number of likely N-dealkylation sites (N-methyl/N-ethyl adjacent to an activating group) is 1. The second-order valence-electron chi connectivity index (χ2n) is 7.09. The first-order valence-electron chi connectivity index (χ1n) is 8.07. The van der Waals surface area contributed by atoms with Crippen molar-refractivity contribution in [2.24, 2.45) is 12.5 Å². The Morgan fingerprint density at radius 2 is 2.00 bits per heavy atom. The van der Waals surface area contributed by atoms with Gasteiger partial charge in [0.2, 0.25) is 0 Å². The molecule has 0 saturated heterocycles. The maximum Gasteiger partial charge on any atom is 0.0843 e. The minimum absolute atomic E-state index is 0.0729. The highest BCUT2D eigenvalue weighted by molar-refractivity contribution is 5.05. The molecule has 1 N–H and O–H groups in total. The molecule has 1 aromatic rings. The summed E-state index contributed by atoms with van der Waals surface area (Å²) in [7, 11) is 3.94. The van der Waals surface area contributed by atoms with Crippen LogP contribution in [0.4, 0.5) is 0 Å². The van der Waals surface area contributed by atoms with Gasteiger partial charge in [-0.2, -0.15) is 0 Å². The first-order chi connectivity index (χ1) is 9.91. The number of hydrogen-bond donors (Lipinski definition) is 1. The van der Waals surface area contributed by atoms with Crippen molar-refractivity contribution in [3.63, 3.8) is 0 Å². The first kappa shape index (κ1) is 16.4. The van der Waals surface area contributed by atoms with E-state index in [0.717, 1.165) is 31.6 Å². The van der Waals surface area contributed by atoms with Crippen LogP contribution in [0.25, 0.3) is 0 Å². The van der Waals surface area contributed by atoms with E-state index in [2.05, 4.69) is 36.4 Å². The Labute approximate surface area is 128 Å². The molecule has 1 fully saturated rings. The van der Waals surface area contributed by atoms with Crippen LogP contribution in [0, 0.1) is 5.41 Å². The lowest BCUT2D eigenvalue weighted by atomic mass is 9.68. The fourth-order valence-corrected chi connectivity index (χ4v) is 3.48. The summed E-state index contributed by atoms with van der Waals surface area (Å²) in [6.45, 7) is 7.58. The minimum atomic E-state index is -0.0729. The maximum atomic E-state index is 6.28. The van der Waals surface area contributed by atoms with Crippen molar-refractivity contribution < 1.29 is 4.74 Å². The van der Waals surface area contributed by atoms with Gasteiger partial charge >= 0.3 is 0 Å². The molecule has 0 radical (unpaired) electrons. The summed E-state index contributed by atoms with van der Waals surface area (Å²) in [5.41, 5.74) is 1.39. The monoisotopic (exact) mass is 294 g/mol. The van der Waals surface area contributed by atoms with E-state index >= 15 is 0 Å². The van der Waals surface area contributed by atoms with E-state index in [0.29, 0.717) is 5.41 Å². The Morgan fingerprint density at radius 3 is 2.48 bits per heavy atom. The van der Waals surface area contributed by atoms with Crippen molar-refractivity contribution >= 4 is 0 Å². The van der Waals surface area contributed by atoms with Crippen molar-refractivity contribution in [1.82, 2.24) is 20.3 Å². The molecular weight excluding hydrogens is 264 g/mol. The number of nitrogens with one attached hydrogen (secondary N) is 1. The maximum absolute atomic E-state index is 6.28. The molecule has 0 amide bonds. The summed E-state index contributed by atoms with van der Waals surface area (Å²) < 4.78 is 8.04. The summed E-state index contributed by atoms with van der Waals surface area (Å²) in [6, 6.07) is 0.283. The zero-order valence-electron chi connectivity index (χ0n) is 14.1. The van der Waals surface area contributed by atoms with Crippen LogP contribution in [-0.4, -0.2) is 40.3 Å². The van der Waals surface area contributed by atoms with Crippen molar-refractivity contribution in [3.8, 4) is 0 Å². The van der Waals surface area contributed by atoms with Crippen LogP contribution in [0.1, 0.15) is 52.1 Å². The Hall–Kier alpha value is -0.940. The third-order valence-electron chi connectivity index (χ3n) is 4.93. The average molecular weight is 294 g/mol. The van der Waals surface area contributed by atoms with Crippen LogP contribution >= 0.6 is 0 Å². The van der Waals surface area contributed by atoms with E-state index in [9.17, 15) is 0 Å². The molecule has 1 aromatic heterocycles. The number of aryl methyl sites for hydroxylation is 1. The topological polar surface area (TPSA) is 52.0 Å². The summed E-state index contributed by atoms with van der Waals surface area (Å²) in [4.78, 5) is 0. The molecular formula is C16H30N4O. The predicted octanol–water partition coefficient (Wildman–Crippen LogP) is 2.32. The van der Waals surface area contributed by atoms with Crippen LogP contribution in [0.3, 0.4) is 0 Å². The van der Waals surface area contributed by atoms with Gasteiger partial charge in [-0.25, -0.2) is 0 Å². The number of aromatic nitrogens is 3. The lowest BCUT2D eigenvalue weighted by Gasteiger charge is -2.47. The molecule has 0 bridgehead atoms. The van der Waals surface area contributed by atoms with Gasteiger partial charge in [-0.05, 0) is 45.1 Å². The second-order valence-corrected chi connectivity index (χ2v) is 7.09.